The summed E-state index contributed by atoms with van der Waals surface area (Å²) in [6, 6.07) is 22.2. The van der Waals surface area contributed by atoms with Gasteiger partial charge in [0.2, 0.25) is 0 Å². The number of aromatic carboxylic acids is 1. The molecule has 0 aliphatic rings. The number of carbonyl (C=O) groups is 2. The Kier molecular flexibility index (Phi) is 5.54. The van der Waals surface area contributed by atoms with Crippen molar-refractivity contribution in [3.8, 4) is 11.1 Å². The van der Waals surface area contributed by atoms with Gasteiger partial charge in [-0.25, -0.2) is 9.59 Å². The van der Waals surface area contributed by atoms with Crippen LogP contribution in [0.5, 0.6) is 0 Å². The third-order valence-electron chi connectivity index (χ3n) is 4.47. The van der Waals surface area contributed by atoms with Gasteiger partial charge in [0.1, 0.15) is 11.3 Å². The summed E-state index contributed by atoms with van der Waals surface area (Å²) in [6.07, 6.45) is -0.773. The molecule has 150 valence electrons. The summed E-state index contributed by atoms with van der Waals surface area (Å²) in [7, 11) is 0. The maximum absolute atomic E-state index is 12.1. The molecule has 0 radical (unpaired) electrons. The molecule has 7 heteroatoms. The van der Waals surface area contributed by atoms with Gasteiger partial charge < -0.3 is 14.3 Å². The predicted molar refractivity (Wildman–Crippen MR) is 117 cm³/mol. The van der Waals surface area contributed by atoms with E-state index < -0.39 is 12.1 Å². The van der Waals surface area contributed by atoms with Gasteiger partial charge >= 0.3 is 12.1 Å². The lowest BCUT2D eigenvalue weighted by Gasteiger charge is -2.09. The monoisotopic (exact) mass is 465 g/mol. The Morgan fingerprint density at radius 1 is 0.967 bits per heavy atom. The Labute approximate surface area is 180 Å². The highest BCUT2D eigenvalue weighted by atomic mass is 79.9. The number of fused-ring (bicyclic) bond motifs is 1. The van der Waals surface area contributed by atoms with E-state index in [0.717, 1.165) is 16.5 Å². The van der Waals surface area contributed by atoms with E-state index in [-0.39, 0.29) is 17.9 Å². The standard InChI is InChI=1S/C23H16BrNO5/c24-17-7-8-20(19(12-17)22(26)27)25-23(28)29-13-18-11-16-10-15(6-9-21(16)30-18)14-4-2-1-3-5-14/h1-12H,13H2,(H,25,28)(H,26,27). The summed E-state index contributed by atoms with van der Waals surface area (Å²) >= 11 is 3.21. The molecule has 4 rings (SSSR count). The van der Waals surface area contributed by atoms with Gasteiger partial charge in [-0.15, -0.1) is 0 Å². The van der Waals surface area contributed by atoms with Crippen LogP contribution in [0.25, 0.3) is 22.1 Å². The van der Waals surface area contributed by atoms with E-state index >= 15 is 0 Å². The Morgan fingerprint density at radius 2 is 1.77 bits per heavy atom. The summed E-state index contributed by atoms with van der Waals surface area (Å²) in [5.41, 5.74) is 2.95. The Balaban J connectivity index is 1.45. The molecule has 6 nitrogen and oxygen atoms in total. The molecule has 0 saturated carbocycles. The maximum Gasteiger partial charge on any atom is 0.412 e. The number of carbonyl (C=O) groups excluding carboxylic acids is 1. The van der Waals surface area contributed by atoms with Crippen LogP contribution in [0.1, 0.15) is 16.1 Å². The summed E-state index contributed by atoms with van der Waals surface area (Å²) < 4.78 is 11.5. The third kappa shape index (κ3) is 4.36. The zero-order valence-corrected chi connectivity index (χ0v) is 17.2. The molecular weight excluding hydrogens is 450 g/mol. The smallest absolute Gasteiger partial charge is 0.412 e. The molecule has 3 aromatic carbocycles. The van der Waals surface area contributed by atoms with Crippen molar-refractivity contribution in [3.63, 3.8) is 0 Å². The highest BCUT2D eigenvalue weighted by Crippen LogP contribution is 2.27. The zero-order valence-electron chi connectivity index (χ0n) is 15.6. The second-order valence-corrected chi connectivity index (χ2v) is 7.44. The van der Waals surface area contributed by atoms with Gasteiger partial charge in [-0.05, 0) is 47.5 Å². The fourth-order valence-corrected chi connectivity index (χ4v) is 3.43. The van der Waals surface area contributed by atoms with E-state index in [1.165, 1.54) is 12.1 Å². The molecule has 30 heavy (non-hydrogen) atoms. The van der Waals surface area contributed by atoms with Crippen molar-refractivity contribution >= 4 is 44.6 Å². The molecule has 1 heterocycles. The topological polar surface area (TPSA) is 88.8 Å². The molecule has 1 aromatic heterocycles. The molecule has 0 aliphatic heterocycles. The Morgan fingerprint density at radius 3 is 2.53 bits per heavy atom. The van der Waals surface area contributed by atoms with Crippen molar-refractivity contribution in [2.75, 3.05) is 5.32 Å². The van der Waals surface area contributed by atoms with Crippen LogP contribution in [-0.2, 0) is 11.3 Å². The number of halogens is 1. The van der Waals surface area contributed by atoms with Crippen LogP contribution in [0.3, 0.4) is 0 Å². The summed E-state index contributed by atoms with van der Waals surface area (Å²) in [5.74, 6) is -0.669. The average molecular weight is 466 g/mol. The lowest BCUT2D eigenvalue weighted by atomic mass is 10.0. The lowest BCUT2D eigenvalue weighted by Crippen LogP contribution is -2.15. The second-order valence-electron chi connectivity index (χ2n) is 6.53. The molecule has 1 amide bonds. The molecule has 0 aliphatic carbocycles. The summed E-state index contributed by atoms with van der Waals surface area (Å²) in [5, 5.41) is 12.6. The number of anilines is 1. The van der Waals surface area contributed by atoms with Crippen molar-refractivity contribution in [1.82, 2.24) is 0 Å². The van der Waals surface area contributed by atoms with Crippen LogP contribution in [0, 0.1) is 0 Å². The number of carboxylic acids is 1. The van der Waals surface area contributed by atoms with Crippen LogP contribution in [-0.4, -0.2) is 17.2 Å². The van der Waals surface area contributed by atoms with Gasteiger partial charge in [0.25, 0.3) is 0 Å². The first kappa shape index (κ1) is 19.7. The van der Waals surface area contributed by atoms with Crippen LogP contribution < -0.4 is 5.32 Å². The van der Waals surface area contributed by atoms with E-state index in [9.17, 15) is 14.7 Å². The molecule has 0 unspecified atom stereocenters. The fourth-order valence-electron chi connectivity index (χ4n) is 3.06. The number of benzene rings is 3. The minimum Gasteiger partial charge on any atom is -0.478 e. The Hall–Kier alpha value is -3.58. The fraction of sp³-hybridized carbons (Fsp3) is 0.0435. The Bertz CT molecular complexity index is 1230. The van der Waals surface area contributed by atoms with Crippen molar-refractivity contribution < 1.29 is 23.8 Å². The second kappa shape index (κ2) is 8.42. The molecule has 0 atom stereocenters. The number of rotatable bonds is 5. The quantitative estimate of drug-likeness (QED) is 0.360. The van der Waals surface area contributed by atoms with Gasteiger partial charge in [-0.1, -0.05) is 52.3 Å². The van der Waals surface area contributed by atoms with E-state index in [1.54, 1.807) is 6.07 Å². The van der Waals surface area contributed by atoms with Crippen molar-refractivity contribution in [2.45, 2.75) is 6.61 Å². The van der Waals surface area contributed by atoms with Crippen LogP contribution in [0.4, 0.5) is 10.5 Å². The first-order valence-electron chi connectivity index (χ1n) is 9.04. The van der Waals surface area contributed by atoms with Gasteiger partial charge in [0.15, 0.2) is 6.61 Å². The number of hydrogen-bond donors (Lipinski definition) is 2. The summed E-state index contributed by atoms with van der Waals surface area (Å²) in [6.45, 7) is -0.0832. The number of amides is 1. The normalized spacial score (nSPS) is 10.7. The van der Waals surface area contributed by atoms with Crippen LogP contribution >= 0.6 is 15.9 Å². The highest BCUT2D eigenvalue weighted by Gasteiger charge is 2.14. The number of ether oxygens (including phenoxy) is 1. The van der Waals surface area contributed by atoms with Gasteiger partial charge in [-0.2, -0.15) is 0 Å². The third-order valence-corrected chi connectivity index (χ3v) is 4.96. The van der Waals surface area contributed by atoms with Crippen LogP contribution in [0.2, 0.25) is 0 Å². The molecule has 0 bridgehead atoms. The number of carboxylic acid groups (broad SMARTS) is 1. The van der Waals surface area contributed by atoms with Crippen molar-refractivity contribution in [1.29, 1.82) is 0 Å². The average Bonchev–Trinajstić information content (AvgIpc) is 3.16. The SMILES string of the molecule is O=C(Nc1ccc(Br)cc1C(=O)O)OCc1cc2cc(-c3ccccc3)ccc2o1. The first-order valence-corrected chi connectivity index (χ1v) is 9.83. The molecule has 0 saturated heterocycles. The van der Waals surface area contributed by atoms with Crippen LogP contribution in [0.15, 0.2) is 81.7 Å². The minimum atomic E-state index is -1.15. The minimum absolute atomic E-state index is 0.0431. The molecule has 2 N–H and O–H groups in total. The lowest BCUT2D eigenvalue weighted by molar-refractivity contribution is 0.0698. The van der Waals surface area contributed by atoms with Gasteiger partial charge in [0, 0.05) is 9.86 Å². The van der Waals surface area contributed by atoms with E-state index in [4.69, 9.17) is 9.15 Å². The number of furan rings is 1. The maximum atomic E-state index is 12.1. The van der Waals surface area contributed by atoms with Gasteiger partial charge in [0.05, 0.1) is 11.3 Å². The number of hydrogen-bond acceptors (Lipinski definition) is 4. The predicted octanol–water partition coefficient (Wildman–Crippen LogP) is 6.31. The zero-order chi connectivity index (χ0) is 21.1. The molecule has 4 aromatic rings. The van der Waals surface area contributed by atoms with E-state index in [1.807, 2.05) is 54.6 Å². The first-order chi connectivity index (χ1) is 14.5. The molecule has 0 fully saturated rings. The summed E-state index contributed by atoms with van der Waals surface area (Å²) in [4.78, 5) is 23.5. The van der Waals surface area contributed by atoms with E-state index in [0.29, 0.717) is 15.8 Å². The van der Waals surface area contributed by atoms with E-state index in [2.05, 4.69) is 21.2 Å². The van der Waals surface area contributed by atoms with Gasteiger partial charge in [-0.3, -0.25) is 5.32 Å². The highest BCUT2D eigenvalue weighted by molar-refractivity contribution is 9.10. The largest absolute Gasteiger partial charge is 0.478 e. The van der Waals surface area contributed by atoms with Crippen molar-refractivity contribution in [3.05, 3.63) is 88.6 Å². The molecular formula is C23H16BrNO5. The number of nitrogens with one attached hydrogen (secondary N) is 1. The van der Waals surface area contributed by atoms with Crippen molar-refractivity contribution in [2.24, 2.45) is 0 Å². The molecule has 0 spiro atoms.